The molecular weight excluding hydrogens is 307 g/mol. The van der Waals surface area contributed by atoms with E-state index in [1.807, 2.05) is 22.7 Å². The maximum absolute atomic E-state index is 13.7. The fourth-order valence-corrected chi connectivity index (χ4v) is 3.06. The summed E-state index contributed by atoms with van der Waals surface area (Å²) in [6, 6.07) is -0.0396. The van der Waals surface area contributed by atoms with Crippen LogP contribution in [0.25, 0.3) is 0 Å². The highest BCUT2D eigenvalue weighted by molar-refractivity contribution is 7.03. The molecule has 0 unspecified atom stereocenters. The lowest BCUT2D eigenvalue weighted by Gasteiger charge is -2.23. The molecule has 2 aromatic rings. The van der Waals surface area contributed by atoms with Crippen molar-refractivity contribution in [2.75, 3.05) is 13.1 Å². The SMILES string of the molecule is Cn1ccnc1CN1C[C@@H](F)C[C@H]1CNC(=O)c1csnn1. The Bertz CT molecular complexity index is 630. The van der Waals surface area contributed by atoms with Crippen molar-refractivity contribution in [3.05, 3.63) is 29.3 Å². The van der Waals surface area contributed by atoms with E-state index in [4.69, 9.17) is 0 Å². The van der Waals surface area contributed by atoms with Gasteiger partial charge in [0, 0.05) is 44.0 Å². The quantitative estimate of drug-likeness (QED) is 0.872. The van der Waals surface area contributed by atoms with Gasteiger partial charge in [0.25, 0.3) is 5.91 Å². The highest BCUT2D eigenvalue weighted by Gasteiger charge is 2.33. The first-order valence-electron chi connectivity index (χ1n) is 7.03. The van der Waals surface area contributed by atoms with Crippen LogP contribution in [0, 0.1) is 0 Å². The second-order valence-corrected chi connectivity index (χ2v) is 5.98. The summed E-state index contributed by atoms with van der Waals surface area (Å²) in [6.45, 7) is 1.33. The molecule has 0 saturated carbocycles. The highest BCUT2D eigenvalue weighted by atomic mass is 32.1. The van der Waals surface area contributed by atoms with Gasteiger partial charge in [-0.15, -0.1) is 5.10 Å². The van der Waals surface area contributed by atoms with Gasteiger partial charge >= 0.3 is 0 Å². The molecule has 1 aliphatic heterocycles. The van der Waals surface area contributed by atoms with Gasteiger partial charge in [0.05, 0.1) is 6.54 Å². The minimum Gasteiger partial charge on any atom is -0.349 e. The Hall–Kier alpha value is -1.87. The lowest BCUT2D eigenvalue weighted by molar-refractivity contribution is 0.0934. The van der Waals surface area contributed by atoms with Crippen LogP contribution < -0.4 is 5.32 Å². The summed E-state index contributed by atoms with van der Waals surface area (Å²) in [5.74, 6) is 0.613. The summed E-state index contributed by atoms with van der Waals surface area (Å²) in [4.78, 5) is 18.2. The molecule has 1 amide bonds. The first-order chi connectivity index (χ1) is 10.6. The average molecular weight is 324 g/mol. The molecule has 3 rings (SSSR count). The zero-order chi connectivity index (χ0) is 15.5. The number of likely N-dealkylation sites (tertiary alicyclic amines) is 1. The predicted molar refractivity (Wildman–Crippen MR) is 79.2 cm³/mol. The smallest absolute Gasteiger partial charge is 0.272 e. The average Bonchev–Trinajstić information content (AvgIpc) is 3.20. The molecule has 2 atom stereocenters. The van der Waals surface area contributed by atoms with Crippen molar-refractivity contribution in [1.29, 1.82) is 0 Å². The number of halogens is 1. The maximum atomic E-state index is 13.7. The Kier molecular flexibility index (Phi) is 4.44. The van der Waals surface area contributed by atoms with Crippen LogP contribution in [0.3, 0.4) is 0 Å². The Morgan fingerprint density at radius 3 is 3.14 bits per heavy atom. The second kappa shape index (κ2) is 6.49. The van der Waals surface area contributed by atoms with Gasteiger partial charge in [-0.25, -0.2) is 9.37 Å². The van der Waals surface area contributed by atoms with E-state index >= 15 is 0 Å². The summed E-state index contributed by atoms with van der Waals surface area (Å²) < 4.78 is 19.3. The molecule has 9 heteroatoms. The number of nitrogens with zero attached hydrogens (tertiary/aromatic N) is 5. The molecule has 0 aromatic carbocycles. The van der Waals surface area contributed by atoms with Crippen LogP contribution in [0.4, 0.5) is 4.39 Å². The topological polar surface area (TPSA) is 75.9 Å². The summed E-state index contributed by atoms with van der Waals surface area (Å²) >= 11 is 1.13. The van der Waals surface area contributed by atoms with Crippen molar-refractivity contribution in [3.8, 4) is 0 Å². The normalized spacial score (nSPS) is 22.1. The monoisotopic (exact) mass is 324 g/mol. The molecule has 1 N–H and O–H groups in total. The number of aryl methyl sites for hydroxylation is 1. The molecule has 118 valence electrons. The number of carbonyl (C=O) groups excluding carboxylic acids is 1. The van der Waals surface area contributed by atoms with Crippen molar-refractivity contribution < 1.29 is 9.18 Å². The van der Waals surface area contributed by atoms with Gasteiger partial charge < -0.3 is 9.88 Å². The summed E-state index contributed by atoms with van der Waals surface area (Å²) in [7, 11) is 1.91. The Morgan fingerprint density at radius 2 is 2.45 bits per heavy atom. The first-order valence-corrected chi connectivity index (χ1v) is 7.86. The van der Waals surface area contributed by atoms with E-state index in [1.54, 1.807) is 11.6 Å². The minimum absolute atomic E-state index is 0.0396. The molecular formula is C13H17FN6OS. The van der Waals surface area contributed by atoms with Gasteiger partial charge in [-0.1, -0.05) is 4.49 Å². The third-order valence-electron chi connectivity index (χ3n) is 3.83. The van der Waals surface area contributed by atoms with Crippen LogP contribution in [-0.2, 0) is 13.6 Å². The van der Waals surface area contributed by atoms with Crippen LogP contribution in [0.1, 0.15) is 22.7 Å². The van der Waals surface area contributed by atoms with Crippen molar-refractivity contribution >= 4 is 17.4 Å². The van der Waals surface area contributed by atoms with E-state index in [-0.39, 0.29) is 11.9 Å². The maximum Gasteiger partial charge on any atom is 0.272 e. The molecule has 7 nitrogen and oxygen atoms in total. The van der Waals surface area contributed by atoms with Gasteiger partial charge in [-0.05, 0) is 18.0 Å². The number of hydrogen-bond acceptors (Lipinski definition) is 6. The summed E-state index contributed by atoms with van der Waals surface area (Å²) in [6.07, 6.45) is 3.14. The van der Waals surface area contributed by atoms with Crippen molar-refractivity contribution in [3.63, 3.8) is 0 Å². The number of nitrogens with one attached hydrogen (secondary N) is 1. The molecule has 2 aromatic heterocycles. The number of imidazole rings is 1. The first kappa shape index (κ1) is 15.0. The number of carbonyl (C=O) groups is 1. The zero-order valence-electron chi connectivity index (χ0n) is 12.1. The largest absolute Gasteiger partial charge is 0.349 e. The van der Waals surface area contributed by atoms with Crippen LogP contribution in [-0.4, -0.2) is 55.2 Å². The number of rotatable bonds is 5. The Balaban J connectivity index is 1.59. The number of hydrogen-bond donors (Lipinski definition) is 1. The van der Waals surface area contributed by atoms with E-state index in [0.717, 1.165) is 17.4 Å². The fourth-order valence-electron chi connectivity index (χ4n) is 2.62. The third kappa shape index (κ3) is 3.30. The van der Waals surface area contributed by atoms with Gasteiger partial charge in [0.15, 0.2) is 5.69 Å². The predicted octanol–water partition coefficient (Wildman–Crippen LogP) is 0.614. The Labute approximate surface area is 131 Å². The summed E-state index contributed by atoms with van der Waals surface area (Å²) in [5.41, 5.74) is 0.301. The molecule has 1 saturated heterocycles. The van der Waals surface area contributed by atoms with Crippen LogP contribution in [0.15, 0.2) is 17.8 Å². The van der Waals surface area contributed by atoms with Gasteiger partial charge in [0.1, 0.15) is 12.0 Å². The van der Waals surface area contributed by atoms with Gasteiger partial charge in [-0.2, -0.15) is 0 Å². The fraction of sp³-hybridized carbons (Fsp3) is 0.538. The van der Waals surface area contributed by atoms with Crippen molar-refractivity contribution in [2.24, 2.45) is 7.05 Å². The Morgan fingerprint density at radius 1 is 1.59 bits per heavy atom. The number of aromatic nitrogens is 4. The van der Waals surface area contributed by atoms with Crippen LogP contribution >= 0.6 is 11.5 Å². The standard InChI is InChI=1S/C13H17FN6OS/c1-19-3-2-15-12(19)7-20-6-9(14)4-10(20)5-16-13(21)11-8-22-18-17-11/h2-3,8-10H,4-7H2,1H3,(H,16,21)/t9-,10-/m0/s1. The molecule has 3 heterocycles. The van der Waals surface area contributed by atoms with Crippen LogP contribution in [0.5, 0.6) is 0 Å². The lowest BCUT2D eigenvalue weighted by atomic mass is 10.2. The zero-order valence-corrected chi connectivity index (χ0v) is 13.0. The van der Waals surface area contributed by atoms with Crippen molar-refractivity contribution in [2.45, 2.75) is 25.2 Å². The van der Waals surface area contributed by atoms with E-state index in [2.05, 4.69) is 19.9 Å². The van der Waals surface area contributed by atoms with E-state index < -0.39 is 6.17 Å². The van der Waals surface area contributed by atoms with E-state index in [9.17, 15) is 9.18 Å². The third-order valence-corrected chi connectivity index (χ3v) is 4.34. The van der Waals surface area contributed by atoms with Crippen LogP contribution in [0.2, 0.25) is 0 Å². The molecule has 0 aliphatic carbocycles. The summed E-state index contributed by atoms with van der Waals surface area (Å²) in [5, 5.41) is 8.12. The molecule has 0 bridgehead atoms. The lowest BCUT2D eigenvalue weighted by Crippen LogP contribution is -2.40. The number of alkyl halides is 1. The molecule has 0 spiro atoms. The second-order valence-electron chi connectivity index (χ2n) is 5.37. The molecule has 0 radical (unpaired) electrons. The number of amides is 1. The molecule has 1 fully saturated rings. The van der Waals surface area contributed by atoms with Gasteiger partial charge in [-0.3, -0.25) is 9.69 Å². The molecule has 1 aliphatic rings. The molecule has 22 heavy (non-hydrogen) atoms. The minimum atomic E-state index is -0.872. The highest BCUT2D eigenvalue weighted by Crippen LogP contribution is 2.21. The van der Waals surface area contributed by atoms with E-state index in [0.29, 0.717) is 31.7 Å². The van der Waals surface area contributed by atoms with E-state index in [1.165, 1.54) is 0 Å². The van der Waals surface area contributed by atoms with Gasteiger partial charge in [0.2, 0.25) is 0 Å². The van der Waals surface area contributed by atoms with Crippen molar-refractivity contribution in [1.82, 2.24) is 29.4 Å².